The van der Waals surface area contributed by atoms with Crippen LogP contribution in [0.25, 0.3) is 0 Å². The van der Waals surface area contributed by atoms with E-state index in [1.807, 2.05) is 60.7 Å². The smallest absolute Gasteiger partial charge is 0.234 e. The SMILES string of the molecule is COc1ccc(P2(=S)Oc3ccc(Br)cc3CN2c2ccc(Cl)cc2)cc1. The average molecular weight is 481 g/mol. The molecule has 0 amide bonds. The Hall–Kier alpha value is -1.52. The van der Waals surface area contributed by atoms with E-state index in [0.717, 1.165) is 32.5 Å². The summed E-state index contributed by atoms with van der Waals surface area (Å²) in [6.07, 6.45) is -2.54. The number of fused-ring (bicyclic) bond motifs is 1. The van der Waals surface area contributed by atoms with E-state index in [9.17, 15) is 0 Å². The van der Waals surface area contributed by atoms with E-state index in [0.29, 0.717) is 11.6 Å². The fraction of sp³-hybridized carbons (Fsp3) is 0.100. The minimum Gasteiger partial charge on any atom is -0.497 e. The van der Waals surface area contributed by atoms with Gasteiger partial charge in [0, 0.05) is 26.1 Å². The summed E-state index contributed by atoms with van der Waals surface area (Å²) in [6, 6.07) is 21.6. The number of ether oxygens (including phenoxy) is 1. The summed E-state index contributed by atoms with van der Waals surface area (Å²) in [4.78, 5) is 0. The predicted octanol–water partition coefficient (Wildman–Crippen LogP) is 6.15. The molecule has 0 aliphatic carbocycles. The Morgan fingerprint density at radius 2 is 1.78 bits per heavy atom. The molecular formula is C20H16BrClNO2PS. The van der Waals surface area contributed by atoms with Crippen molar-refractivity contribution in [2.24, 2.45) is 0 Å². The van der Waals surface area contributed by atoms with Gasteiger partial charge in [-0.1, -0.05) is 27.5 Å². The molecule has 0 aromatic heterocycles. The lowest BCUT2D eigenvalue weighted by molar-refractivity contribution is 0.415. The fourth-order valence-corrected chi connectivity index (χ4v) is 6.84. The Morgan fingerprint density at radius 3 is 2.44 bits per heavy atom. The molecule has 138 valence electrons. The number of rotatable bonds is 3. The van der Waals surface area contributed by atoms with E-state index < -0.39 is 6.42 Å². The average Bonchev–Trinajstić information content (AvgIpc) is 2.68. The molecule has 1 unspecified atom stereocenters. The molecule has 0 saturated heterocycles. The lowest BCUT2D eigenvalue weighted by Crippen LogP contribution is -2.32. The zero-order valence-corrected chi connectivity index (χ0v) is 18.5. The number of hydrogen-bond donors (Lipinski definition) is 0. The number of benzene rings is 3. The van der Waals surface area contributed by atoms with Gasteiger partial charge in [0.1, 0.15) is 11.5 Å². The molecule has 0 N–H and O–H groups in total. The summed E-state index contributed by atoms with van der Waals surface area (Å²) in [5.74, 6) is 1.63. The zero-order valence-electron chi connectivity index (χ0n) is 14.4. The minimum absolute atomic E-state index is 0.666. The van der Waals surface area contributed by atoms with Crippen LogP contribution >= 0.6 is 33.9 Å². The first kappa shape index (κ1) is 18.8. The van der Waals surface area contributed by atoms with Gasteiger partial charge in [-0.2, -0.15) is 0 Å². The van der Waals surface area contributed by atoms with E-state index in [4.69, 9.17) is 32.7 Å². The van der Waals surface area contributed by atoms with Crippen LogP contribution in [0.2, 0.25) is 5.02 Å². The van der Waals surface area contributed by atoms with Crippen molar-refractivity contribution in [3.63, 3.8) is 0 Å². The second-order valence-electron chi connectivity index (χ2n) is 6.10. The summed E-state index contributed by atoms with van der Waals surface area (Å²) < 4.78 is 15.0. The third kappa shape index (κ3) is 3.62. The van der Waals surface area contributed by atoms with Crippen LogP contribution in [-0.2, 0) is 18.4 Å². The van der Waals surface area contributed by atoms with Crippen molar-refractivity contribution >= 4 is 56.7 Å². The lowest BCUT2D eigenvalue weighted by Gasteiger charge is -2.41. The largest absolute Gasteiger partial charge is 0.497 e. The highest BCUT2D eigenvalue weighted by molar-refractivity contribution is 9.10. The standard InChI is InChI=1S/C20H16BrClNO2PS/c1-24-18-7-9-19(10-8-18)26(27)23(17-5-3-16(22)4-6-17)13-14-12-15(21)2-11-20(14)25-26/h2-12H,13H2,1H3. The zero-order chi connectivity index (χ0) is 19.0. The molecule has 1 aliphatic heterocycles. The first-order valence-corrected chi connectivity index (χ1v) is 12.1. The Balaban J connectivity index is 1.85. The molecule has 0 fully saturated rings. The summed E-state index contributed by atoms with van der Waals surface area (Å²) in [5.41, 5.74) is 2.08. The number of nitrogens with zero attached hydrogens (tertiary/aromatic N) is 1. The molecule has 4 rings (SSSR count). The molecule has 0 spiro atoms. The Morgan fingerprint density at radius 1 is 1.07 bits per heavy atom. The number of halogens is 2. The molecule has 7 heteroatoms. The van der Waals surface area contributed by atoms with Gasteiger partial charge in [0.15, 0.2) is 0 Å². The number of methoxy groups -OCH3 is 1. The first-order valence-electron chi connectivity index (χ1n) is 8.26. The minimum atomic E-state index is -2.54. The summed E-state index contributed by atoms with van der Waals surface area (Å²) in [5, 5.41) is 1.67. The fourth-order valence-electron chi connectivity index (χ4n) is 3.02. The predicted molar refractivity (Wildman–Crippen MR) is 119 cm³/mol. The van der Waals surface area contributed by atoms with Gasteiger partial charge in [-0.25, -0.2) is 0 Å². The number of anilines is 1. The summed E-state index contributed by atoms with van der Waals surface area (Å²) >= 11 is 15.8. The van der Waals surface area contributed by atoms with Crippen molar-refractivity contribution in [2.75, 3.05) is 11.8 Å². The lowest BCUT2D eigenvalue weighted by atomic mass is 10.2. The van der Waals surface area contributed by atoms with Crippen LogP contribution in [0.3, 0.4) is 0 Å². The summed E-state index contributed by atoms with van der Waals surface area (Å²) in [7, 11) is 1.65. The van der Waals surface area contributed by atoms with E-state index in [2.05, 4.69) is 26.7 Å². The molecule has 1 heterocycles. The van der Waals surface area contributed by atoms with E-state index in [1.165, 1.54) is 0 Å². The van der Waals surface area contributed by atoms with Crippen LogP contribution in [0.4, 0.5) is 5.69 Å². The maximum absolute atomic E-state index is 6.49. The van der Waals surface area contributed by atoms with Gasteiger partial charge in [-0.3, -0.25) is 0 Å². The van der Waals surface area contributed by atoms with Gasteiger partial charge >= 0.3 is 0 Å². The van der Waals surface area contributed by atoms with Crippen molar-refractivity contribution < 1.29 is 9.26 Å². The highest BCUT2D eigenvalue weighted by atomic mass is 79.9. The molecule has 0 bridgehead atoms. The molecule has 1 aliphatic rings. The quantitative estimate of drug-likeness (QED) is 0.419. The molecule has 1 atom stereocenters. The van der Waals surface area contributed by atoms with Gasteiger partial charge in [0.2, 0.25) is 6.42 Å². The second kappa shape index (κ2) is 7.48. The van der Waals surface area contributed by atoms with Crippen molar-refractivity contribution in [1.29, 1.82) is 0 Å². The van der Waals surface area contributed by atoms with Crippen molar-refractivity contribution in [3.8, 4) is 11.5 Å². The molecular weight excluding hydrogens is 465 g/mol. The van der Waals surface area contributed by atoms with Crippen LogP contribution in [0.15, 0.2) is 71.2 Å². The third-order valence-electron chi connectivity index (χ3n) is 4.41. The van der Waals surface area contributed by atoms with E-state index in [-0.39, 0.29) is 0 Å². The van der Waals surface area contributed by atoms with Gasteiger partial charge < -0.3 is 13.9 Å². The maximum Gasteiger partial charge on any atom is 0.234 e. The Labute approximate surface area is 177 Å². The van der Waals surface area contributed by atoms with Crippen LogP contribution < -0.4 is 19.2 Å². The third-order valence-corrected chi connectivity index (χ3v) is 9.00. The van der Waals surface area contributed by atoms with Gasteiger partial charge in [-0.05, 0) is 78.5 Å². The van der Waals surface area contributed by atoms with Crippen LogP contribution in [0.1, 0.15) is 5.56 Å². The first-order chi connectivity index (χ1) is 13.0. The van der Waals surface area contributed by atoms with Gasteiger partial charge in [0.05, 0.1) is 13.7 Å². The summed E-state index contributed by atoms with van der Waals surface area (Å²) in [6.45, 7) is 0.666. The molecule has 3 aromatic carbocycles. The van der Waals surface area contributed by atoms with Crippen molar-refractivity contribution in [3.05, 3.63) is 81.8 Å². The maximum atomic E-state index is 6.49. The van der Waals surface area contributed by atoms with E-state index in [1.54, 1.807) is 7.11 Å². The molecule has 3 nitrogen and oxygen atoms in total. The van der Waals surface area contributed by atoms with Crippen LogP contribution in [-0.4, -0.2) is 7.11 Å². The normalized spacial score (nSPS) is 18.6. The molecule has 3 aromatic rings. The highest BCUT2D eigenvalue weighted by Crippen LogP contribution is 2.57. The highest BCUT2D eigenvalue weighted by Gasteiger charge is 2.36. The molecule has 27 heavy (non-hydrogen) atoms. The van der Waals surface area contributed by atoms with Crippen molar-refractivity contribution in [2.45, 2.75) is 6.54 Å². The Bertz CT molecular complexity index is 1030. The second-order valence-corrected chi connectivity index (χ2v) is 11.2. The molecule has 0 radical (unpaired) electrons. The van der Waals surface area contributed by atoms with Gasteiger partial charge in [0.25, 0.3) is 0 Å². The van der Waals surface area contributed by atoms with Crippen LogP contribution in [0, 0.1) is 0 Å². The number of hydrogen-bond acceptors (Lipinski definition) is 3. The molecule has 0 saturated carbocycles. The van der Waals surface area contributed by atoms with E-state index >= 15 is 0 Å². The van der Waals surface area contributed by atoms with Gasteiger partial charge in [-0.15, -0.1) is 0 Å². The van der Waals surface area contributed by atoms with Crippen molar-refractivity contribution in [1.82, 2.24) is 0 Å². The monoisotopic (exact) mass is 479 g/mol. The van der Waals surface area contributed by atoms with Crippen LogP contribution in [0.5, 0.6) is 11.5 Å². The Kier molecular flexibility index (Phi) is 5.21. The topological polar surface area (TPSA) is 21.7 Å².